The van der Waals surface area contributed by atoms with E-state index in [1.54, 1.807) is 6.92 Å². The van der Waals surface area contributed by atoms with Gasteiger partial charge in [0, 0.05) is 6.16 Å². The molecule has 2 atom stereocenters. The third-order valence-corrected chi connectivity index (χ3v) is 6.27. The SMILES string of the molecule is CCC(NC(=O)OCc1ccccc1)P(=O)(O)CCc1ccccc1. The summed E-state index contributed by atoms with van der Waals surface area (Å²) in [6.45, 7) is 1.90. The Hall–Kier alpha value is -2.10. The molecule has 2 rings (SSSR count). The number of nitrogens with one attached hydrogen (secondary N) is 1. The number of carbonyl (C=O) groups excluding carboxylic acids is 1. The lowest BCUT2D eigenvalue weighted by atomic mass is 10.2. The van der Waals surface area contributed by atoms with E-state index >= 15 is 0 Å². The first kappa shape index (κ1) is 19.2. The van der Waals surface area contributed by atoms with Crippen molar-refractivity contribution in [3.8, 4) is 0 Å². The minimum Gasteiger partial charge on any atom is -0.445 e. The van der Waals surface area contributed by atoms with Crippen LogP contribution in [0.4, 0.5) is 4.79 Å². The Labute approximate surface area is 148 Å². The number of hydrogen-bond donors (Lipinski definition) is 2. The van der Waals surface area contributed by atoms with Crippen LogP contribution in [-0.4, -0.2) is 22.9 Å². The zero-order valence-corrected chi connectivity index (χ0v) is 15.2. The van der Waals surface area contributed by atoms with Crippen molar-refractivity contribution in [2.24, 2.45) is 0 Å². The number of amides is 1. The molecule has 1 amide bonds. The Morgan fingerprint density at radius 2 is 1.64 bits per heavy atom. The van der Waals surface area contributed by atoms with Crippen molar-refractivity contribution in [1.82, 2.24) is 5.32 Å². The number of hydrogen-bond acceptors (Lipinski definition) is 3. The fourth-order valence-corrected chi connectivity index (χ4v) is 4.25. The van der Waals surface area contributed by atoms with Gasteiger partial charge in [0.05, 0.1) is 0 Å². The number of benzene rings is 2. The number of alkyl carbamates (subject to hydrolysis) is 1. The predicted molar refractivity (Wildman–Crippen MR) is 98.7 cm³/mol. The van der Waals surface area contributed by atoms with Crippen molar-refractivity contribution < 1.29 is 19.0 Å². The molecule has 0 fully saturated rings. The van der Waals surface area contributed by atoms with Crippen LogP contribution >= 0.6 is 7.37 Å². The van der Waals surface area contributed by atoms with Gasteiger partial charge < -0.3 is 14.9 Å². The first-order valence-electron chi connectivity index (χ1n) is 8.34. The second-order valence-electron chi connectivity index (χ2n) is 5.84. The van der Waals surface area contributed by atoms with Crippen LogP contribution in [0.15, 0.2) is 60.7 Å². The molecule has 2 aromatic rings. The highest BCUT2D eigenvalue weighted by Gasteiger charge is 2.31. The number of aryl methyl sites for hydroxylation is 1. The van der Waals surface area contributed by atoms with Gasteiger partial charge in [-0.15, -0.1) is 0 Å². The highest BCUT2D eigenvalue weighted by Crippen LogP contribution is 2.46. The second kappa shape index (κ2) is 9.40. The third kappa shape index (κ3) is 6.37. The smallest absolute Gasteiger partial charge is 0.408 e. The summed E-state index contributed by atoms with van der Waals surface area (Å²) < 4.78 is 17.7. The summed E-state index contributed by atoms with van der Waals surface area (Å²) in [6, 6.07) is 18.8. The Balaban J connectivity index is 1.86. The van der Waals surface area contributed by atoms with Crippen molar-refractivity contribution in [1.29, 1.82) is 0 Å². The highest BCUT2D eigenvalue weighted by molar-refractivity contribution is 7.58. The molecule has 0 aliphatic carbocycles. The summed E-state index contributed by atoms with van der Waals surface area (Å²) in [5, 5.41) is 2.54. The van der Waals surface area contributed by atoms with E-state index in [1.807, 2.05) is 60.7 Å². The van der Waals surface area contributed by atoms with E-state index in [0.29, 0.717) is 12.8 Å². The van der Waals surface area contributed by atoms with Gasteiger partial charge in [0.15, 0.2) is 0 Å². The van der Waals surface area contributed by atoms with E-state index < -0.39 is 19.2 Å². The molecular formula is C19H24NO4P. The van der Waals surface area contributed by atoms with Crippen LogP contribution in [0.3, 0.4) is 0 Å². The van der Waals surface area contributed by atoms with Gasteiger partial charge in [-0.3, -0.25) is 4.57 Å². The molecule has 0 radical (unpaired) electrons. The highest BCUT2D eigenvalue weighted by atomic mass is 31.2. The molecule has 2 unspecified atom stereocenters. The maximum atomic E-state index is 12.6. The Kier molecular flexibility index (Phi) is 7.23. The fraction of sp³-hybridized carbons (Fsp3) is 0.316. The summed E-state index contributed by atoms with van der Waals surface area (Å²) in [5.74, 6) is -0.806. The minimum atomic E-state index is -3.53. The van der Waals surface area contributed by atoms with Gasteiger partial charge in [-0.25, -0.2) is 4.79 Å². The van der Waals surface area contributed by atoms with Gasteiger partial charge in [-0.2, -0.15) is 0 Å². The van der Waals surface area contributed by atoms with Crippen LogP contribution in [0.1, 0.15) is 24.5 Å². The molecule has 0 bridgehead atoms. The summed E-state index contributed by atoms with van der Waals surface area (Å²) >= 11 is 0. The average molecular weight is 361 g/mol. The van der Waals surface area contributed by atoms with Gasteiger partial charge >= 0.3 is 6.09 Å². The lowest BCUT2D eigenvalue weighted by molar-refractivity contribution is 0.137. The van der Waals surface area contributed by atoms with Crippen molar-refractivity contribution in [2.75, 3.05) is 6.16 Å². The number of ether oxygens (including phenoxy) is 1. The van der Waals surface area contributed by atoms with Crippen LogP contribution in [0.25, 0.3) is 0 Å². The Morgan fingerprint density at radius 1 is 1.08 bits per heavy atom. The molecule has 0 spiro atoms. The van der Waals surface area contributed by atoms with Crippen LogP contribution in [0, 0.1) is 0 Å². The molecule has 5 nitrogen and oxygen atoms in total. The number of carbonyl (C=O) groups is 1. The van der Waals surface area contributed by atoms with Crippen molar-refractivity contribution >= 4 is 13.5 Å². The van der Waals surface area contributed by atoms with Gasteiger partial charge in [0.25, 0.3) is 0 Å². The molecule has 0 aliphatic rings. The van der Waals surface area contributed by atoms with Crippen molar-refractivity contribution in [3.63, 3.8) is 0 Å². The maximum absolute atomic E-state index is 12.6. The molecule has 25 heavy (non-hydrogen) atoms. The van der Waals surface area contributed by atoms with Gasteiger partial charge in [0.1, 0.15) is 12.4 Å². The third-order valence-electron chi connectivity index (χ3n) is 3.93. The lowest BCUT2D eigenvalue weighted by Crippen LogP contribution is -2.35. The van der Waals surface area contributed by atoms with Crippen molar-refractivity contribution in [3.05, 3.63) is 71.8 Å². The molecule has 2 aromatic carbocycles. The van der Waals surface area contributed by atoms with Gasteiger partial charge in [-0.1, -0.05) is 67.6 Å². The van der Waals surface area contributed by atoms with E-state index in [4.69, 9.17) is 4.74 Å². The zero-order valence-electron chi connectivity index (χ0n) is 14.3. The normalized spacial score (nSPS) is 14.3. The summed E-state index contributed by atoms with van der Waals surface area (Å²) in [5.41, 5.74) is 1.86. The van der Waals surface area contributed by atoms with Crippen LogP contribution < -0.4 is 5.32 Å². The summed E-state index contributed by atoms with van der Waals surface area (Å²) in [6.07, 6.45) is 0.299. The second-order valence-corrected chi connectivity index (χ2v) is 8.43. The molecule has 0 heterocycles. The largest absolute Gasteiger partial charge is 0.445 e. The van der Waals surface area contributed by atoms with Gasteiger partial charge in [-0.05, 0) is 24.0 Å². The molecule has 2 N–H and O–H groups in total. The standard InChI is InChI=1S/C19H24NO4P/c1-2-18(20-19(21)24-15-17-11-7-4-8-12-17)25(22,23)14-13-16-9-5-3-6-10-16/h3-12,18H,2,13-15H2,1H3,(H,20,21)(H,22,23). The van der Waals surface area contributed by atoms with E-state index in [2.05, 4.69) is 5.32 Å². The van der Waals surface area contributed by atoms with Crippen molar-refractivity contribution in [2.45, 2.75) is 32.2 Å². The molecule has 0 saturated heterocycles. The summed E-state index contributed by atoms with van der Waals surface area (Å²) in [4.78, 5) is 22.3. The molecular weight excluding hydrogens is 337 g/mol. The van der Waals surface area contributed by atoms with Crippen LogP contribution in [-0.2, 0) is 22.3 Å². The maximum Gasteiger partial charge on any atom is 0.408 e. The minimum absolute atomic E-state index is 0.120. The predicted octanol–water partition coefficient (Wildman–Crippen LogP) is 4.16. The average Bonchev–Trinajstić information content (AvgIpc) is 2.64. The van der Waals surface area contributed by atoms with E-state index in [0.717, 1.165) is 11.1 Å². The molecule has 0 aliphatic heterocycles. The van der Waals surface area contributed by atoms with Crippen LogP contribution in [0.2, 0.25) is 0 Å². The van der Waals surface area contributed by atoms with E-state index in [9.17, 15) is 14.3 Å². The van der Waals surface area contributed by atoms with Gasteiger partial charge in [0.2, 0.25) is 7.37 Å². The first-order chi connectivity index (χ1) is 12.0. The molecule has 0 aromatic heterocycles. The Bertz CT molecular complexity index is 706. The van der Waals surface area contributed by atoms with Crippen LogP contribution in [0.5, 0.6) is 0 Å². The molecule has 0 saturated carbocycles. The first-order valence-corrected chi connectivity index (χ1v) is 10.3. The van der Waals surface area contributed by atoms with E-state index in [1.165, 1.54) is 0 Å². The topological polar surface area (TPSA) is 75.6 Å². The monoisotopic (exact) mass is 361 g/mol. The zero-order chi connectivity index (χ0) is 18.1. The lowest BCUT2D eigenvalue weighted by Gasteiger charge is -2.23. The fourth-order valence-electron chi connectivity index (χ4n) is 2.48. The summed E-state index contributed by atoms with van der Waals surface area (Å²) in [7, 11) is -3.53. The molecule has 134 valence electrons. The quantitative estimate of drug-likeness (QED) is 0.692. The number of rotatable bonds is 8. The Morgan fingerprint density at radius 3 is 2.20 bits per heavy atom. The van der Waals surface area contributed by atoms with E-state index in [-0.39, 0.29) is 12.8 Å². The molecule has 6 heteroatoms.